The second kappa shape index (κ2) is 5.38. The van der Waals surface area contributed by atoms with Crippen LogP contribution in [0.2, 0.25) is 0 Å². The highest BCUT2D eigenvalue weighted by atomic mass is 16.5. The highest BCUT2D eigenvalue weighted by Gasteiger charge is 2.25. The molecule has 2 unspecified atom stereocenters. The molecule has 4 nitrogen and oxygen atoms in total. The van der Waals surface area contributed by atoms with Crippen molar-refractivity contribution in [3.63, 3.8) is 0 Å². The Hall–Kier alpha value is -1.26. The lowest BCUT2D eigenvalue weighted by molar-refractivity contribution is -0.0105. The first kappa shape index (κ1) is 12.2. The van der Waals surface area contributed by atoms with Gasteiger partial charge in [0.1, 0.15) is 5.75 Å². The van der Waals surface area contributed by atoms with Crippen LogP contribution in [0.25, 0.3) is 0 Å². The van der Waals surface area contributed by atoms with Crippen LogP contribution in [0.1, 0.15) is 6.92 Å². The molecule has 94 valence electrons. The normalized spacial score (nSPS) is 24.8. The van der Waals surface area contributed by atoms with Gasteiger partial charge in [0.15, 0.2) is 0 Å². The predicted octanol–water partition coefficient (Wildman–Crippen LogP) is 1.25. The van der Waals surface area contributed by atoms with Crippen molar-refractivity contribution in [3.8, 4) is 5.75 Å². The minimum atomic E-state index is 0.101. The number of hydrogen-bond donors (Lipinski definition) is 1. The molecule has 2 atom stereocenters. The summed E-state index contributed by atoms with van der Waals surface area (Å²) in [5.41, 5.74) is 6.81. The quantitative estimate of drug-likeness (QED) is 0.858. The van der Waals surface area contributed by atoms with Crippen LogP contribution in [0.3, 0.4) is 0 Å². The Labute approximate surface area is 102 Å². The molecule has 0 aliphatic carbocycles. The number of hydrogen-bond acceptors (Lipinski definition) is 4. The number of ether oxygens (including phenoxy) is 2. The molecule has 0 spiro atoms. The summed E-state index contributed by atoms with van der Waals surface area (Å²) in [5, 5.41) is 0. The van der Waals surface area contributed by atoms with Crippen LogP contribution in [-0.2, 0) is 4.74 Å². The molecule has 0 bridgehead atoms. The van der Waals surface area contributed by atoms with Gasteiger partial charge < -0.3 is 20.1 Å². The molecule has 1 aliphatic rings. The van der Waals surface area contributed by atoms with E-state index >= 15 is 0 Å². The molecule has 0 radical (unpaired) electrons. The van der Waals surface area contributed by atoms with E-state index in [9.17, 15) is 0 Å². The zero-order valence-corrected chi connectivity index (χ0v) is 10.4. The van der Waals surface area contributed by atoms with Crippen LogP contribution in [-0.4, -0.2) is 39.0 Å². The molecule has 4 heteroatoms. The lowest BCUT2D eigenvalue weighted by atomic mass is 10.1. The third-order valence-electron chi connectivity index (χ3n) is 3.02. The number of para-hydroxylation sites is 2. The van der Waals surface area contributed by atoms with Crippen LogP contribution in [0.5, 0.6) is 5.75 Å². The summed E-state index contributed by atoms with van der Waals surface area (Å²) >= 11 is 0. The van der Waals surface area contributed by atoms with E-state index in [4.69, 9.17) is 15.2 Å². The van der Waals surface area contributed by atoms with E-state index in [1.54, 1.807) is 7.11 Å². The van der Waals surface area contributed by atoms with Gasteiger partial charge in [-0.25, -0.2) is 0 Å². The maximum atomic E-state index is 5.75. The third kappa shape index (κ3) is 2.70. The summed E-state index contributed by atoms with van der Waals surface area (Å²) in [4.78, 5) is 2.28. The van der Waals surface area contributed by atoms with Crippen molar-refractivity contribution in [2.24, 2.45) is 5.73 Å². The molecule has 0 saturated carbocycles. The fourth-order valence-corrected chi connectivity index (χ4v) is 2.26. The van der Waals surface area contributed by atoms with Gasteiger partial charge >= 0.3 is 0 Å². The lowest BCUT2D eigenvalue weighted by Crippen LogP contribution is -2.49. The molecule has 2 rings (SSSR count). The summed E-state index contributed by atoms with van der Waals surface area (Å²) in [6.07, 6.45) is 0.297. The van der Waals surface area contributed by atoms with Gasteiger partial charge in [0.05, 0.1) is 25.0 Å². The summed E-state index contributed by atoms with van der Waals surface area (Å²) in [7, 11) is 1.70. The molecule has 1 fully saturated rings. The molecule has 1 aliphatic heterocycles. The fourth-order valence-electron chi connectivity index (χ4n) is 2.26. The van der Waals surface area contributed by atoms with E-state index in [0.717, 1.165) is 24.5 Å². The number of rotatable bonds is 3. The Morgan fingerprint density at radius 3 is 2.88 bits per heavy atom. The van der Waals surface area contributed by atoms with Crippen LogP contribution < -0.4 is 15.4 Å². The van der Waals surface area contributed by atoms with E-state index in [1.807, 2.05) is 18.2 Å². The average molecular weight is 236 g/mol. The predicted molar refractivity (Wildman–Crippen MR) is 68.6 cm³/mol. The van der Waals surface area contributed by atoms with Crippen molar-refractivity contribution < 1.29 is 9.47 Å². The molecule has 2 N–H and O–H groups in total. The number of methoxy groups -OCH3 is 1. The van der Waals surface area contributed by atoms with E-state index in [2.05, 4.69) is 17.9 Å². The van der Waals surface area contributed by atoms with Gasteiger partial charge in [-0.2, -0.15) is 0 Å². The van der Waals surface area contributed by atoms with Crippen molar-refractivity contribution >= 4 is 5.69 Å². The molecule has 17 heavy (non-hydrogen) atoms. The van der Waals surface area contributed by atoms with E-state index in [-0.39, 0.29) is 12.2 Å². The maximum absolute atomic E-state index is 5.75. The Balaban J connectivity index is 2.20. The molecular weight excluding hydrogens is 216 g/mol. The van der Waals surface area contributed by atoms with Crippen molar-refractivity contribution in [2.75, 3.05) is 31.6 Å². The minimum absolute atomic E-state index is 0.101. The Morgan fingerprint density at radius 1 is 1.41 bits per heavy atom. The van der Waals surface area contributed by atoms with E-state index < -0.39 is 0 Å². The molecule has 1 aromatic carbocycles. The second-order valence-electron chi connectivity index (χ2n) is 4.38. The van der Waals surface area contributed by atoms with Gasteiger partial charge in [-0.3, -0.25) is 0 Å². The van der Waals surface area contributed by atoms with Crippen LogP contribution >= 0.6 is 0 Å². The first-order valence-electron chi connectivity index (χ1n) is 5.98. The smallest absolute Gasteiger partial charge is 0.142 e. The largest absolute Gasteiger partial charge is 0.495 e. The molecule has 0 aromatic heterocycles. The number of nitrogens with zero attached hydrogens (tertiary/aromatic N) is 1. The number of anilines is 1. The molecular formula is C13H20N2O2. The molecule has 1 aromatic rings. The highest BCUT2D eigenvalue weighted by molar-refractivity contribution is 5.58. The highest BCUT2D eigenvalue weighted by Crippen LogP contribution is 2.29. The Morgan fingerprint density at radius 2 is 2.18 bits per heavy atom. The van der Waals surface area contributed by atoms with Gasteiger partial charge in [-0.05, 0) is 19.1 Å². The van der Waals surface area contributed by atoms with Crippen LogP contribution in [0, 0.1) is 0 Å². The van der Waals surface area contributed by atoms with Crippen LogP contribution in [0.15, 0.2) is 24.3 Å². The first-order chi connectivity index (χ1) is 8.24. The monoisotopic (exact) mass is 236 g/mol. The van der Waals surface area contributed by atoms with E-state index in [1.165, 1.54) is 0 Å². The topological polar surface area (TPSA) is 47.7 Å². The maximum Gasteiger partial charge on any atom is 0.142 e. The SMILES string of the molecule is COc1ccccc1N1CC(C)OC(CN)C1. The van der Waals surface area contributed by atoms with Gasteiger partial charge in [0, 0.05) is 19.6 Å². The number of nitrogens with two attached hydrogens (primary N) is 1. The van der Waals surface area contributed by atoms with Gasteiger partial charge in [0.25, 0.3) is 0 Å². The Bertz CT molecular complexity index is 370. The standard InChI is InChI=1S/C13H20N2O2/c1-10-8-15(9-11(7-14)17-10)12-5-3-4-6-13(12)16-2/h3-6,10-11H,7-9,14H2,1-2H3. The third-order valence-corrected chi connectivity index (χ3v) is 3.02. The zero-order chi connectivity index (χ0) is 12.3. The number of morpholine rings is 1. The summed E-state index contributed by atoms with van der Waals surface area (Å²) in [6, 6.07) is 8.05. The molecule has 1 saturated heterocycles. The van der Waals surface area contributed by atoms with Crippen molar-refractivity contribution in [1.29, 1.82) is 0 Å². The van der Waals surface area contributed by atoms with Crippen molar-refractivity contribution in [2.45, 2.75) is 19.1 Å². The summed E-state index contributed by atoms with van der Waals surface area (Å²) in [6.45, 7) is 4.32. The summed E-state index contributed by atoms with van der Waals surface area (Å²) in [5.74, 6) is 0.900. The van der Waals surface area contributed by atoms with E-state index in [0.29, 0.717) is 6.54 Å². The minimum Gasteiger partial charge on any atom is -0.495 e. The molecule has 0 amide bonds. The van der Waals surface area contributed by atoms with Crippen molar-refractivity contribution in [1.82, 2.24) is 0 Å². The summed E-state index contributed by atoms with van der Waals surface area (Å²) < 4.78 is 11.1. The van der Waals surface area contributed by atoms with Gasteiger partial charge in [0.2, 0.25) is 0 Å². The fraction of sp³-hybridized carbons (Fsp3) is 0.538. The average Bonchev–Trinajstić information content (AvgIpc) is 2.37. The molecule has 1 heterocycles. The zero-order valence-electron chi connectivity index (χ0n) is 10.4. The van der Waals surface area contributed by atoms with Crippen molar-refractivity contribution in [3.05, 3.63) is 24.3 Å². The van der Waals surface area contributed by atoms with Gasteiger partial charge in [-0.15, -0.1) is 0 Å². The van der Waals surface area contributed by atoms with Gasteiger partial charge in [-0.1, -0.05) is 12.1 Å². The second-order valence-corrected chi connectivity index (χ2v) is 4.38. The first-order valence-corrected chi connectivity index (χ1v) is 5.98. The lowest BCUT2D eigenvalue weighted by Gasteiger charge is -2.38. The Kier molecular flexibility index (Phi) is 3.86. The van der Waals surface area contributed by atoms with Crippen LogP contribution in [0.4, 0.5) is 5.69 Å². The number of benzene rings is 1.